The molecule has 0 aliphatic rings. The number of aromatic nitrogens is 3. The summed E-state index contributed by atoms with van der Waals surface area (Å²) in [6.07, 6.45) is 5.04. The maximum Gasteiger partial charge on any atom is 0.0535 e. The number of aryl methyl sites for hydroxylation is 2. The SMILES string of the molecule is Cc1[nH]ncc1CNCCc1c[nH]c2cccc(C)c12. The van der Waals surface area contributed by atoms with Crippen molar-refractivity contribution in [2.45, 2.75) is 26.8 Å². The Hall–Kier alpha value is -2.07. The highest BCUT2D eigenvalue weighted by Crippen LogP contribution is 2.22. The number of H-pyrrole nitrogens is 2. The van der Waals surface area contributed by atoms with Gasteiger partial charge in [-0.2, -0.15) is 5.10 Å². The molecule has 3 rings (SSSR count). The fourth-order valence-electron chi connectivity index (χ4n) is 2.65. The number of hydrogen-bond donors (Lipinski definition) is 3. The van der Waals surface area contributed by atoms with Gasteiger partial charge in [0.2, 0.25) is 0 Å². The van der Waals surface area contributed by atoms with Crippen molar-refractivity contribution in [2.24, 2.45) is 0 Å². The minimum atomic E-state index is 0.865. The molecule has 0 aliphatic heterocycles. The van der Waals surface area contributed by atoms with Crippen LogP contribution in [-0.4, -0.2) is 21.7 Å². The molecule has 0 amide bonds. The molecule has 2 heterocycles. The summed E-state index contributed by atoms with van der Waals surface area (Å²) in [5.74, 6) is 0. The Balaban J connectivity index is 1.62. The van der Waals surface area contributed by atoms with Crippen molar-refractivity contribution in [3.63, 3.8) is 0 Å². The van der Waals surface area contributed by atoms with Crippen LogP contribution in [0, 0.1) is 13.8 Å². The van der Waals surface area contributed by atoms with Gasteiger partial charge < -0.3 is 10.3 Å². The predicted octanol–water partition coefficient (Wildman–Crippen LogP) is 2.84. The fourth-order valence-corrected chi connectivity index (χ4v) is 2.65. The summed E-state index contributed by atoms with van der Waals surface area (Å²) in [5, 5.41) is 11.8. The first-order chi connectivity index (χ1) is 9.75. The highest BCUT2D eigenvalue weighted by Gasteiger charge is 2.06. The van der Waals surface area contributed by atoms with E-state index in [1.165, 1.54) is 27.6 Å². The minimum absolute atomic E-state index is 0.865. The number of hydrogen-bond acceptors (Lipinski definition) is 2. The van der Waals surface area contributed by atoms with Crippen LogP contribution < -0.4 is 5.32 Å². The molecule has 0 fully saturated rings. The quantitative estimate of drug-likeness (QED) is 0.623. The molecule has 0 radical (unpaired) electrons. The summed E-state index contributed by atoms with van der Waals surface area (Å²) < 4.78 is 0. The van der Waals surface area contributed by atoms with E-state index in [-0.39, 0.29) is 0 Å². The summed E-state index contributed by atoms with van der Waals surface area (Å²) in [5.41, 5.74) is 6.32. The summed E-state index contributed by atoms with van der Waals surface area (Å²) >= 11 is 0. The molecule has 2 aromatic heterocycles. The molecule has 3 N–H and O–H groups in total. The Labute approximate surface area is 118 Å². The van der Waals surface area contributed by atoms with Gasteiger partial charge in [0, 0.05) is 34.9 Å². The van der Waals surface area contributed by atoms with Crippen LogP contribution in [-0.2, 0) is 13.0 Å². The number of nitrogens with zero attached hydrogens (tertiary/aromatic N) is 1. The first-order valence-corrected chi connectivity index (χ1v) is 7.01. The molecule has 0 saturated carbocycles. The van der Waals surface area contributed by atoms with Crippen molar-refractivity contribution in [3.8, 4) is 0 Å². The van der Waals surface area contributed by atoms with Gasteiger partial charge in [-0.25, -0.2) is 0 Å². The average Bonchev–Trinajstić information content (AvgIpc) is 3.03. The van der Waals surface area contributed by atoms with Gasteiger partial charge in [-0.15, -0.1) is 0 Å². The second-order valence-electron chi connectivity index (χ2n) is 5.26. The zero-order valence-corrected chi connectivity index (χ0v) is 12.0. The number of fused-ring (bicyclic) bond motifs is 1. The van der Waals surface area contributed by atoms with Crippen LogP contribution in [0.3, 0.4) is 0 Å². The van der Waals surface area contributed by atoms with Gasteiger partial charge in [0.25, 0.3) is 0 Å². The van der Waals surface area contributed by atoms with Gasteiger partial charge in [-0.05, 0) is 44.0 Å². The molecule has 0 unspecified atom stereocenters. The molecule has 3 aromatic rings. The third-order valence-electron chi connectivity index (χ3n) is 3.82. The van der Waals surface area contributed by atoms with Crippen molar-refractivity contribution in [1.29, 1.82) is 0 Å². The lowest BCUT2D eigenvalue weighted by atomic mass is 10.1. The minimum Gasteiger partial charge on any atom is -0.361 e. The zero-order valence-electron chi connectivity index (χ0n) is 12.0. The fraction of sp³-hybridized carbons (Fsp3) is 0.312. The molecule has 4 nitrogen and oxygen atoms in total. The molecule has 0 bridgehead atoms. The Morgan fingerprint density at radius 2 is 2.10 bits per heavy atom. The van der Waals surface area contributed by atoms with Crippen molar-refractivity contribution in [3.05, 3.63) is 53.0 Å². The lowest BCUT2D eigenvalue weighted by molar-refractivity contribution is 0.686. The van der Waals surface area contributed by atoms with E-state index >= 15 is 0 Å². The van der Waals surface area contributed by atoms with Gasteiger partial charge >= 0.3 is 0 Å². The van der Waals surface area contributed by atoms with Crippen LogP contribution >= 0.6 is 0 Å². The molecule has 0 atom stereocenters. The molecule has 0 aliphatic carbocycles. The predicted molar refractivity (Wildman–Crippen MR) is 81.8 cm³/mol. The summed E-state index contributed by atoms with van der Waals surface area (Å²) in [7, 11) is 0. The number of aromatic amines is 2. The van der Waals surface area contributed by atoms with Crippen LogP contribution in [0.2, 0.25) is 0 Å². The monoisotopic (exact) mass is 268 g/mol. The molecular formula is C16H20N4. The smallest absolute Gasteiger partial charge is 0.0535 e. The Morgan fingerprint density at radius 1 is 1.20 bits per heavy atom. The molecule has 0 saturated heterocycles. The van der Waals surface area contributed by atoms with E-state index in [0.717, 1.165) is 25.2 Å². The van der Waals surface area contributed by atoms with Crippen LogP contribution in [0.1, 0.15) is 22.4 Å². The molecule has 1 aromatic carbocycles. The summed E-state index contributed by atoms with van der Waals surface area (Å²) in [4.78, 5) is 3.35. The lowest BCUT2D eigenvalue weighted by Crippen LogP contribution is -2.16. The van der Waals surface area contributed by atoms with E-state index in [2.05, 4.69) is 51.8 Å². The summed E-state index contributed by atoms with van der Waals surface area (Å²) in [6.45, 7) is 6.05. The van der Waals surface area contributed by atoms with Crippen LogP contribution in [0.5, 0.6) is 0 Å². The van der Waals surface area contributed by atoms with E-state index in [0.29, 0.717) is 0 Å². The van der Waals surface area contributed by atoms with E-state index in [1.807, 2.05) is 13.1 Å². The van der Waals surface area contributed by atoms with Gasteiger partial charge in [-0.3, -0.25) is 5.10 Å². The molecule has 0 spiro atoms. The highest BCUT2D eigenvalue weighted by molar-refractivity contribution is 5.86. The largest absolute Gasteiger partial charge is 0.361 e. The molecule has 20 heavy (non-hydrogen) atoms. The molecular weight excluding hydrogens is 248 g/mol. The van der Waals surface area contributed by atoms with Gasteiger partial charge in [0.1, 0.15) is 0 Å². The standard InChI is InChI=1S/C16H20N4/c1-11-4-3-5-15-16(11)13(9-18-15)6-7-17-8-14-10-19-20-12(14)2/h3-5,9-10,17-18H,6-8H2,1-2H3,(H,19,20). The average molecular weight is 268 g/mol. The maximum absolute atomic E-state index is 4.03. The Kier molecular flexibility index (Phi) is 3.56. The first kappa shape index (κ1) is 12.9. The van der Waals surface area contributed by atoms with Crippen LogP contribution in [0.4, 0.5) is 0 Å². The van der Waals surface area contributed by atoms with Gasteiger partial charge in [-0.1, -0.05) is 12.1 Å². The van der Waals surface area contributed by atoms with Gasteiger partial charge in [0.05, 0.1) is 6.20 Å². The van der Waals surface area contributed by atoms with Crippen molar-refractivity contribution in [2.75, 3.05) is 6.54 Å². The van der Waals surface area contributed by atoms with Gasteiger partial charge in [0.15, 0.2) is 0 Å². The highest BCUT2D eigenvalue weighted by atomic mass is 15.1. The molecule has 4 heteroatoms. The Bertz CT molecular complexity index is 708. The first-order valence-electron chi connectivity index (χ1n) is 7.01. The number of rotatable bonds is 5. The normalized spacial score (nSPS) is 11.3. The van der Waals surface area contributed by atoms with Crippen LogP contribution in [0.15, 0.2) is 30.6 Å². The summed E-state index contributed by atoms with van der Waals surface area (Å²) in [6, 6.07) is 6.40. The number of benzene rings is 1. The van der Waals surface area contributed by atoms with E-state index < -0.39 is 0 Å². The third kappa shape index (κ3) is 2.47. The van der Waals surface area contributed by atoms with Crippen molar-refractivity contribution in [1.82, 2.24) is 20.5 Å². The Morgan fingerprint density at radius 3 is 2.90 bits per heavy atom. The second-order valence-corrected chi connectivity index (χ2v) is 5.26. The van der Waals surface area contributed by atoms with E-state index in [1.54, 1.807) is 0 Å². The third-order valence-corrected chi connectivity index (χ3v) is 3.82. The zero-order chi connectivity index (χ0) is 13.9. The molecule has 104 valence electrons. The second kappa shape index (κ2) is 5.51. The lowest BCUT2D eigenvalue weighted by Gasteiger charge is -2.05. The van der Waals surface area contributed by atoms with Crippen molar-refractivity contribution >= 4 is 10.9 Å². The van der Waals surface area contributed by atoms with E-state index in [4.69, 9.17) is 0 Å². The van der Waals surface area contributed by atoms with E-state index in [9.17, 15) is 0 Å². The van der Waals surface area contributed by atoms with Crippen LogP contribution in [0.25, 0.3) is 10.9 Å². The topological polar surface area (TPSA) is 56.5 Å². The van der Waals surface area contributed by atoms with Crippen molar-refractivity contribution < 1.29 is 0 Å². The maximum atomic E-state index is 4.03. The number of nitrogens with one attached hydrogen (secondary N) is 3.